The first-order chi connectivity index (χ1) is 10.7. The average molecular weight is 302 g/mol. The van der Waals surface area contributed by atoms with Crippen LogP contribution in [0.5, 0.6) is 17.2 Å². The monoisotopic (exact) mass is 302 g/mol. The molecule has 0 fully saturated rings. The fourth-order valence-electron chi connectivity index (χ4n) is 2.03. The van der Waals surface area contributed by atoms with E-state index >= 15 is 0 Å². The van der Waals surface area contributed by atoms with Crippen molar-refractivity contribution in [1.29, 1.82) is 0 Å². The summed E-state index contributed by atoms with van der Waals surface area (Å²) in [6, 6.07) is 17.4. The van der Waals surface area contributed by atoms with Gasteiger partial charge in [0.05, 0.1) is 19.3 Å². The standard InChI is InChI=1S/C18H23NO3/c1-15(20)14-19-11-6-12-21-17-9-5-10-18(13-17)22-16-7-3-2-4-8-16/h2-5,7-10,13,15,19-20H,6,11-12,14H2,1H3/p+1/t15-/m0/s1. The predicted octanol–water partition coefficient (Wildman–Crippen LogP) is 2.19. The summed E-state index contributed by atoms with van der Waals surface area (Å²) in [6.07, 6.45) is 0.684. The van der Waals surface area contributed by atoms with Crippen LogP contribution >= 0.6 is 0 Å². The Kier molecular flexibility index (Phi) is 6.74. The molecule has 0 saturated carbocycles. The summed E-state index contributed by atoms with van der Waals surface area (Å²) in [7, 11) is 0. The van der Waals surface area contributed by atoms with E-state index in [1.807, 2.05) is 54.6 Å². The van der Waals surface area contributed by atoms with Gasteiger partial charge in [-0.05, 0) is 31.2 Å². The highest BCUT2D eigenvalue weighted by atomic mass is 16.5. The summed E-state index contributed by atoms with van der Waals surface area (Å²) in [5, 5.41) is 11.3. The Bertz CT molecular complexity index is 543. The highest BCUT2D eigenvalue weighted by Gasteiger charge is 2.01. The van der Waals surface area contributed by atoms with Gasteiger partial charge in [-0.1, -0.05) is 24.3 Å². The Labute approximate surface area is 131 Å². The van der Waals surface area contributed by atoms with Gasteiger partial charge in [0.1, 0.15) is 23.8 Å². The van der Waals surface area contributed by atoms with Gasteiger partial charge in [0.2, 0.25) is 0 Å². The Morgan fingerprint density at radius 2 is 1.73 bits per heavy atom. The number of hydrogen-bond donors (Lipinski definition) is 2. The summed E-state index contributed by atoms with van der Waals surface area (Å²) in [4.78, 5) is 0. The van der Waals surface area contributed by atoms with Gasteiger partial charge in [0.25, 0.3) is 0 Å². The number of ether oxygens (including phenoxy) is 2. The second-order valence-electron chi connectivity index (χ2n) is 5.25. The van der Waals surface area contributed by atoms with Crippen LogP contribution in [-0.4, -0.2) is 30.9 Å². The number of para-hydroxylation sites is 1. The van der Waals surface area contributed by atoms with Crippen LogP contribution in [-0.2, 0) is 0 Å². The summed E-state index contributed by atoms with van der Waals surface area (Å²) in [5.74, 6) is 2.39. The zero-order valence-corrected chi connectivity index (χ0v) is 12.9. The molecule has 22 heavy (non-hydrogen) atoms. The topological polar surface area (TPSA) is 55.3 Å². The highest BCUT2D eigenvalue weighted by Crippen LogP contribution is 2.24. The molecule has 3 N–H and O–H groups in total. The summed E-state index contributed by atoms with van der Waals surface area (Å²) in [5.41, 5.74) is 0. The van der Waals surface area contributed by atoms with Crippen LogP contribution in [0.3, 0.4) is 0 Å². The maximum absolute atomic E-state index is 9.16. The van der Waals surface area contributed by atoms with E-state index in [1.165, 1.54) is 0 Å². The van der Waals surface area contributed by atoms with Gasteiger partial charge in [0, 0.05) is 12.5 Å². The molecule has 0 aliphatic carbocycles. The van der Waals surface area contributed by atoms with Crippen LogP contribution in [0, 0.1) is 0 Å². The molecule has 4 heteroatoms. The van der Waals surface area contributed by atoms with E-state index in [9.17, 15) is 0 Å². The first kappa shape index (κ1) is 16.3. The molecule has 0 radical (unpaired) electrons. The van der Waals surface area contributed by atoms with Gasteiger partial charge >= 0.3 is 0 Å². The Morgan fingerprint density at radius 1 is 1.00 bits per heavy atom. The zero-order valence-electron chi connectivity index (χ0n) is 12.9. The number of aliphatic hydroxyl groups excluding tert-OH is 1. The van der Waals surface area contributed by atoms with Crippen molar-refractivity contribution >= 4 is 0 Å². The molecule has 118 valence electrons. The fourth-order valence-corrected chi connectivity index (χ4v) is 2.03. The molecule has 0 aliphatic heterocycles. The molecule has 0 bridgehead atoms. The first-order valence-corrected chi connectivity index (χ1v) is 7.69. The van der Waals surface area contributed by atoms with Gasteiger partial charge in [-0.2, -0.15) is 0 Å². The van der Waals surface area contributed by atoms with E-state index < -0.39 is 0 Å². The minimum Gasteiger partial charge on any atom is -0.493 e. The molecule has 0 aromatic heterocycles. The van der Waals surface area contributed by atoms with Gasteiger partial charge < -0.3 is 19.9 Å². The van der Waals surface area contributed by atoms with E-state index in [2.05, 4.69) is 5.32 Å². The second kappa shape index (κ2) is 9.07. The molecular weight excluding hydrogens is 278 g/mol. The Hall–Kier alpha value is -2.04. The van der Waals surface area contributed by atoms with E-state index in [0.29, 0.717) is 6.61 Å². The average Bonchev–Trinajstić information content (AvgIpc) is 2.52. The van der Waals surface area contributed by atoms with Crippen molar-refractivity contribution in [3.8, 4) is 17.2 Å². The highest BCUT2D eigenvalue weighted by molar-refractivity contribution is 5.36. The molecule has 0 amide bonds. The van der Waals surface area contributed by atoms with Crippen LogP contribution in [0.1, 0.15) is 13.3 Å². The number of quaternary nitrogens is 1. The van der Waals surface area contributed by atoms with E-state index in [0.717, 1.165) is 36.8 Å². The lowest BCUT2D eigenvalue weighted by Gasteiger charge is -2.09. The lowest BCUT2D eigenvalue weighted by Crippen LogP contribution is -2.86. The number of nitrogens with two attached hydrogens (primary N) is 1. The molecule has 0 saturated heterocycles. The first-order valence-electron chi connectivity index (χ1n) is 7.69. The number of rotatable bonds is 9. The predicted molar refractivity (Wildman–Crippen MR) is 86.4 cm³/mol. The smallest absolute Gasteiger partial charge is 0.131 e. The van der Waals surface area contributed by atoms with Crippen molar-refractivity contribution in [2.45, 2.75) is 19.4 Å². The van der Waals surface area contributed by atoms with Crippen LogP contribution in [0.2, 0.25) is 0 Å². The SMILES string of the molecule is C[C@H](O)C[NH2+]CCCOc1cccc(Oc2ccccc2)c1. The molecule has 2 aromatic rings. The van der Waals surface area contributed by atoms with E-state index in [4.69, 9.17) is 14.6 Å². The van der Waals surface area contributed by atoms with Crippen molar-refractivity contribution in [3.05, 3.63) is 54.6 Å². The third-order valence-electron chi connectivity index (χ3n) is 3.11. The van der Waals surface area contributed by atoms with E-state index in [1.54, 1.807) is 6.92 Å². The number of aliphatic hydroxyl groups is 1. The van der Waals surface area contributed by atoms with Crippen LogP contribution < -0.4 is 14.8 Å². The van der Waals surface area contributed by atoms with E-state index in [-0.39, 0.29) is 6.10 Å². The van der Waals surface area contributed by atoms with Crippen LogP contribution in [0.15, 0.2) is 54.6 Å². The largest absolute Gasteiger partial charge is 0.493 e. The maximum Gasteiger partial charge on any atom is 0.131 e. The van der Waals surface area contributed by atoms with Crippen molar-refractivity contribution in [2.24, 2.45) is 0 Å². The lowest BCUT2D eigenvalue weighted by atomic mass is 10.3. The molecule has 0 aliphatic rings. The molecule has 1 atom stereocenters. The van der Waals surface area contributed by atoms with Crippen molar-refractivity contribution in [3.63, 3.8) is 0 Å². The molecule has 0 spiro atoms. The molecule has 0 unspecified atom stereocenters. The number of hydrogen-bond acceptors (Lipinski definition) is 3. The summed E-state index contributed by atoms with van der Waals surface area (Å²) in [6.45, 7) is 4.14. The lowest BCUT2D eigenvalue weighted by molar-refractivity contribution is -0.660. The third kappa shape index (κ3) is 6.16. The van der Waals surface area contributed by atoms with Gasteiger partial charge in [0.15, 0.2) is 0 Å². The molecule has 2 rings (SSSR count). The van der Waals surface area contributed by atoms with Gasteiger partial charge in [-0.25, -0.2) is 0 Å². The van der Waals surface area contributed by atoms with Crippen molar-refractivity contribution in [1.82, 2.24) is 0 Å². The zero-order chi connectivity index (χ0) is 15.6. The molecule has 2 aromatic carbocycles. The Balaban J connectivity index is 1.74. The third-order valence-corrected chi connectivity index (χ3v) is 3.11. The van der Waals surface area contributed by atoms with Gasteiger partial charge in [-0.15, -0.1) is 0 Å². The summed E-state index contributed by atoms with van der Waals surface area (Å²) < 4.78 is 11.5. The fraction of sp³-hybridized carbons (Fsp3) is 0.333. The molecular formula is C18H24NO3+. The number of benzene rings is 2. The quantitative estimate of drug-likeness (QED) is 0.698. The Morgan fingerprint density at radius 3 is 2.50 bits per heavy atom. The minimum atomic E-state index is -0.257. The second-order valence-corrected chi connectivity index (χ2v) is 5.25. The van der Waals surface area contributed by atoms with Crippen molar-refractivity contribution in [2.75, 3.05) is 19.7 Å². The van der Waals surface area contributed by atoms with Crippen LogP contribution in [0.25, 0.3) is 0 Å². The minimum absolute atomic E-state index is 0.257. The van der Waals surface area contributed by atoms with Crippen molar-refractivity contribution < 1.29 is 19.9 Å². The maximum atomic E-state index is 9.16. The van der Waals surface area contributed by atoms with Gasteiger partial charge in [-0.3, -0.25) is 0 Å². The summed E-state index contributed by atoms with van der Waals surface area (Å²) >= 11 is 0. The molecule has 4 nitrogen and oxygen atoms in total. The normalized spacial score (nSPS) is 11.9. The molecule has 0 heterocycles. The van der Waals surface area contributed by atoms with Crippen LogP contribution in [0.4, 0.5) is 0 Å².